The van der Waals surface area contributed by atoms with Crippen LogP contribution in [0.1, 0.15) is 16.7 Å². The standard InChI is InChI=1S/C15H15BrClN/c1-10-6-13(16)7-11(2)15(10)18-9-12-4-3-5-14(17)8-12/h3-8,18H,9H2,1-2H3. The third-order valence-electron chi connectivity index (χ3n) is 2.86. The Labute approximate surface area is 121 Å². The van der Waals surface area contributed by atoms with Crippen LogP contribution < -0.4 is 5.32 Å². The number of nitrogens with one attached hydrogen (secondary N) is 1. The molecular formula is C15H15BrClN. The minimum atomic E-state index is 0.776. The zero-order valence-electron chi connectivity index (χ0n) is 10.4. The van der Waals surface area contributed by atoms with E-state index < -0.39 is 0 Å². The fourth-order valence-corrected chi connectivity index (χ4v) is 2.93. The van der Waals surface area contributed by atoms with Crippen molar-refractivity contribution in [2.75, 3.05) is 5.32 Å². The molecule has 0 fully saturated rings. The van der Waals surface area contributed by atoms with Crippen molar-refractivity contribution < 1.29 is 0 Å². The van der Waals surface area contributed by atoms with Gasteiger partial charge < -0.3 is 5.32 Å². The van der Waals surface area contributed by atoms with Crippen molar-refractivity contribution in [1.29, 1.82) is 0 Å². The lowest BCUT2D eigenvalue weighted by Crippen LogP contribution is -2.03. The highest BCUT2D eigenvalue weighted by molar-refractivity contribution is 9.10. The van der Waals surface area contributed by atoms with Crippen LogP contribution in [0.15, 0.2) is 40.9 Å². The first-order valence-electron chi connectivity index (χ1n) is 5.81. The van der Waals surface area contributed by atoms with Crippen LogP contribution in [0.4, 0.5) is 5.69 Å². The summed E-state index contributed by atoms with van der Waals surface area (Å²) in [4.78, 5) is 0. The normalized spacial score (nSPS) is 10.4. The fraction of sp³-hybridized carbons (Fsp3) is 0.200. The Morgan fingerprint density at radius 3 is 2.39 bits per heavy atom. The molecule has 0 heterocycles. The molecule has 94 valence electrons. The maximum absolute atomic E-state index is 5.98. The van der Waals surface area contributed by atoms with Gasteiger partial charge in [-0.05, 0) is 54.8 Å². The number of halogens is 2. The maximum atomic E-state index is 5.98. The van der Waals surface area contributed by atoms with Gasteiger partial charge in [-0.2, -0.15) is 0 Å². The Bertz CT molecular complexity index is 543. The van der Waals surface area contributed by atoms with Gasteiger partial charge in [-0.15, -0.1) is 0 Å². The van der Waals surface area contributed by atoms with Crippen LogP contribution in [0.3, 0.4) is 0 Å². The predicted octanol–water partition coefficient (Wildman–Crippen LogP) is 5.33. The second-order valence-electron chi connectivity index (χ2n) is 4.40. The van der Waals surface area contributed by atoms with Gasteiger partial charge in [0, 0.05) is 21.7 Å². The fourth-order valence-electron chi connectivity index (χ4n) is 2.03. The number of hydrogen-bond donors (Lipinski definition) is 1. The van der Waals surface area contributed by atoms with Gasteiger partial charge in [-0.3, -0.25) is 0 Å². The van der Waals surface area contributed by atoms with Crippen molar-refractivity contribution in [3.63, 3.8) is 0 Å². The van der Waals surface area contributed by atoms with E-state index in [0.717, 1.165) is 16.0 Å². The van der Waals surface area contributed by atoms with Gasteiger partial charge in [0.25, 0.3) is 0 Å². The zero-order chi connectivity index (χ0) is 13.1. The minimum absolute atomic E-state index is 0.776. The highest BCUT2D eigenvalue weighted by Gasteiger charge is 2.04. The molecule has 0 spiro atoms. The molecule has 0 bridgehead atoms. The Balaban J connectivity index is 2.16. The summed E-state index contributed by atoms with van der Waals surface area (Å²) in [6.45, 7) is 5.00. The summed E-state index contributed by atoms with van der Waals surface area (Å²) in [7, 11) is 0. The lowest BCUT2D eigenvalue weighted by molar-refractivity contribution is 1.13. The van der Waals surface area contributed by atoms with Crippen LogP contribution in [0.5, 0.6) is 0 Å². The van der Waals surface area contributed by atoms with Gasteiger partial charge in [0.05, 0.1) is 0 Å². The second kappa shape index (κ2) is 5.77. The van der Waals surface area contributed by atoms with Gasteiger partial charge in [-0.1, -0.05) is 39.7 Å². The first-order valence-corrected chi connectivity index (χ1v) is 6.98. The van der Waals surface area contributed by atoms with Crippen LogP contribution in [0.2, 0.25) is 5.02 Å². The molecule has 0 aliphatic carbocycles. The maximum Gasteiger partial charge on any atom is 0.0409 e. The summed E-state index contributed by atoms with van der Waals surface area (Å²) in [5.41, 5.74) is 4.86. The molecule has 0 saturated carbocycles. The monoisotopic (exact) mass is 323 g/mol. The largest absolute Gasteiger partial charge is 0.381 e. The molecule has 18 heavy (non-hydrogen) atoms. The molecule has 1 nitrogen and oxygen atoms in total. The minimum Gasteiger partial charge on any atom is -0.381 e. The summed E-state index contributed by atoms with van der Waals surface area (Å²) < 4.78 is 1.12. The highest BCUT2D eigenvalue weighted by atomic mass is 79.9. The van der Waals surface area contributed by atoms with Crippen molar-refractivity contribution in [1.82, 2.24) is 0 Å². The van der Waals surface area contributed by atoms with Crippen molar-refractivity contribution in [2.24, 2.45) is 0 Å². The van der Waals surface area contributed by atoms with Crippen molar-refractivity contribution in [3.8, 4) is 0 Å². The molecule has 0 atom stereocenters. The topological polar surface area (TPSA) is 12.0 Å². The lowest BCUT2D eigenvalue weighted by atomic mass is 10.1. The van der Waals surface area contributed by atoms with E-state index in [4.69, 9.17) is 11.6 Å². The smallest absolute Gasteiger partial charge is 0.0409 e. The highest BCUT2D eigenvalue weighted by Crippen LogP contribution is 2.25. The molecule has 1 N–H and O–H groups in total. The zero-order valence-corrected chi connectivity index (χ0v) is 12.8. The SMILES string of the molecule is Cc1cc(Br)cc(C)c1NCc1cccc(Cl)c1. The van der Waals surface area contributed by atoms with Crippen LogP contribution in [0.25, 0.3) is 0 Å². The average molecular weight is 325 g/mol. The molecule has 0 aromatic heterocycles. The number of rotatable bonds is 3. The van der Waals surface area contributed by atoms with E-state index in [2.05, 4.69) is 53.3 Å². The van der Waals surface area contributed by atoms with Crippen LogP contribution in [0, 0.1) is 13.8 Å². The molecule has 0 aliphatic heterocycles. The molecule has 0 unspecified atom stereocenters. The second-order valence-corrected chi connectivity index (χ2v) is 5.75. The molecule has 2 rings (SSSR count). The first-order chi connectivity index (χ1) is 8.56. The summed E-state index contributed by atoms with van der Waals surface area (Å²) >= 11 is 9.48. The molecule has 0 saturated heterocycles. The van der Waals surface area contributed by atoms with E-state index in [-0.39, 0.29) is 0 Å². The van der Waals surface area contributed by atoms with Crippen molar-refractivity contribution in [3.05, 3.63) is 62.6 Å². The first kappa shape index (κ1) is 13.4. The van der Waals surface area contributed by atoms with Crippen LogP contribution >= 0.6 is 27.5 Å². The number of anilines is 1. The van der Waals surface area contributed by atoms with Gasteiger partial charge in [0.15, 0.2) is 0 Å². The summed E-state index contributed by atoms with van der Waals surface area (Å²) in [6.07, 6.45) is 0. The number of hydrogen-bond acceptors (Lipinski definition) is 1. The summed E-state index contributed by atoms with van der Waals surface area (Å²) in [5.74, 6) is 0. The Morgan fingerprint density at radius 1 is 1.11 bits per heavy atom. The summed E-state index contributed by atoms with van der Waals surface area (Å²) in [5, 5.41) is 4.25. The molecule has 2 aromatic rings. The molecule has 0 amide bonds. The molecule has 2 aromatic carbocycles. The van der Waals surface area contributed by atoms with E-state index in [0.29, 0.717) is 0 Å². The van der Waals surface area contributed by atoms with Crippen molar-refractivity contribution >= 4 is 33.2 Å². The van der Waals surface area contributed by atoms with E-state index in [9.17, 15) is 0 Å². The van der Waals surface area contributed by atoms with Gasteiger partial charge in [0.1, 0.15) is 0 Å². The predicted molar refractivity (Wildman–Crippen MR) is 82.4 cm³/mol. The molecule has 0 radical (unpaired) electrons. The quantitative estimate of drug-likeness (QED) is 0.804. The average Bonchev–Trinajstić information content (AvgIpc) is 2.27. The third-order valence-corrected chi connectivity index (χ3v) is 3.55. The van der Waals surface area contributed by atoms with Crippen LogP contribution in [-0.2, 0) is 6.54 Å². The van der Waals surface area contributed by atoms with E-state index >= 15 is 0 Å². The van der Waals surface area contributed by atoms with E-state index in [1.54, 1.807) is 0 Å². The van der Waals surface area contributed by atoms with E-state index in [1.807, 2.05) is 18.2 Å². The summed E-state index contributed by atoms with van der Waals surface area (Å²) in [6, 6.07) is 12.2. The Kier molecular flexibility index (Phi) is 4.31. The van der Waals surface area contributed by atoms with Gasteiger partial charge >= 0.3 is 0 Å². The third kappa shape index (κ3) is 3.27. The van der Waals surface area contributed by atoms with E-state index in [1.165, 1.54) is 22.4 Å². The Morgan fingerprint density at radius 2 is 1.78 bits per heavy atom. The lowest BCUT2D eigenvalue weighted by Gasteiger charge is -2.13. The molecule has 3 heteroatoms. The number of benzene rings is 2. The number of aryl methyl sites for hydroxylation is 2. The molecular weight excluding hydrogens is 310 g/mol. The van der Waals surface area contributed by atoms with Crippen molar-refractivity contribution in [2.45, 2.75) is 20.4 Å². The van der Waals surface area contributed by atoms with Crippen LogP contribution in [-0.4, -0.2) is 0 Å². The van der Waals surface area contributed by atoms with Gasteiger partial charge in [-0.25, -0.2) is 0 Å². The Hall–Kier alpha value is -0.990. The molecule has 0 aliphatic rings. The van der Waals surface area contributed by atoms with Gasteiger partial charge in [0.2, 0.25) is 0 Å².